The standard InChI is InChI=1S/C35H44ClF3N6O/c1-20-26(36)16-23-25(34(5,6)32-40-19-41-43(32)7)17-35(30(23)42-20)11-14-44(15-12-35)31(46)22-10-13-45(33(2,3)4)18-24(22)21-8-9-27(37)29(39)28(21)38/h8-9,16,19,22,24-25H,10-15,17-18H2,1-7H3/t22?,24-,25+/m0/s1. The Morgan fingerprint density at radius 3 is 2.35 bits per heavy atom. The summed E-state index contributed by atoms with van der Waals surface area (Å²) in [5.74, 6) is -4.11. The largest absolute Gasteiger partial charge is 0.342 e. The Morgan fingerprint density at radius 1 is 1.02 bits per heavy atom. The maximum atomic E-state index is 15.2. The number of likely N-dealkylation sites (tertiary alicyclic amines) is 2. The highest BCUT2D eigenvalue weighted by molar-refractivity contribution is 6.31. The van der Waals surface area contributed by atoms with E-state index < -0.39 is 29.3 Å². The summed E-state index contributed by atoms with van der Waals surface area (Å²) in [5, 5.41) is 4.97. The van der Waals surface area contributed by atoms with Crippen LogP contribution in [0.2, 0.25) is 5.02 Å². The van der Waals surface area contributed by atoms with E-state index in [9.17, 15) is 13.6 Å². The molecule has 1 unspecified atom stereocenters. The number of fused-ring (bicyclic) bond motifs is 2. The lowest BCUT2D eigenvalue weighted by Gasteiger charge is -2.47. The van der Waals surface area contributed by atoms with E-state index in [0.29, 0.717) is 37.6 Å². The lowest BCUT2D eigenvalue weighted by atomic mass is 9.70. The second-order valence-electron chi connectivity index (χ2n) is 15.2. The second-order valence-corrected chi connectivity index (χ2v) is 15.6. The molecule has 1 aliphatic carbocycles. The fraction of sp³-hybridized carbons (Fsp3) is 0.600. The van der Waals surface area contributed by atoms with Crippen molar-refractivity contribution in [3.63, 3.8) is 0 Å². The number of pyridine rings is 1. The Labute approximate surface area is 274 Å². The number of hydrogen-bond acceptors (Lipinski definition) is 5. The van der Waals surface area contributed by atoms with Crippen LogP contribution in [-0.4, -0.2) is 67.2 Å². The summed E-state index contributed by atoms with van der Waals surface area (Å²) < 4.78 is 45.4. The number of aromatic nitrogens is 4. The van der Waals surface area contributed by atoms with Crippen LogP contribution in [0.1, 0.15) is 100 Å². The number of nitrogens with zero attached hydrogens (tertiary/aromatic N) is 6. The summed E-state index contributed by atoms with van der Waals surface area (Å²) in [6.45, 7) is 14.6. The van der Waals surface area contributed by atoms with Crippen LogP contribution in [0.3, 0.4) is 0 Å². The molecule has 46 heavy (non-hydrogen) atoms. The van der Waals surface area contributed by atoms with E-state index in [0.717, 1.165) is 48.1 Å². The first-order chi connectivity index (χ1) is 21.5. The Kier molecular flexibility index (Phi) is 8.32. The number of carbonyl (C=O) groups excluding carboxylic acids is 1. The topological polar surface area (TPSA) is 67.2 Å². The molecule has 248 valence electrons. The van der Waals surface area contributed by atoms with Crippen molar-refractivity contribution in [2.75, 3.05) is 26.2 Å². The molecule has 2 aromatic heterocycles. The Bertz CT molecular complexity index is 1660. The van der Waals surface area contributed by atoms with Gasteiger partial charge in [0.1, 0.15) is 12.2 Å². The lowest BCUT2D eigenvalue weighted by molar-refractivity contribution is -0.140. The van der Waals surface area contributed by atoms with Gasteiger partial charge in [-0.15, -0.1) is 0 Å². The van der Waals surface area contributed by atoms with E-state index in [1.54, 1.807) is 6.33 Å². The molecule has 4 heterocycles. The first-order valence-corrected chi connectivity index (χ1v) is 16.6. The number of benzene rings is 1. The SMILES string of the molecule is Cc1nc2c(cc1Cl)[C@H](C(C)(C)c1ncnn1C)CC21CCN(C(=O)C2CCN(C(C)(C)C)C[C@H]2c2ccc(F)c(F)c2F)CC1. The van der Waals surface area contributed by atoms with Crippen LogP contribution in [0.25, 0.3) is 0 Å². The van der Waals surface area contributed by atoms with Gasteiger partial charge in [-0.3, -0.25) is 19.4 Å². The summed E-state index contributed by atoms with van der Waals surface area (Å²) in [6.07, 6.45) is 4.41. The van der Waals surface area contributed by atoms with Crippen molar-refractivity contribution in [1.29, 1.82) is 0 Å². The van der Waals surface area contributed by atoms with Crippen molar-refractivity contribution in [2.45, 2.75) is 95.4 Å². The normalized spacial score (nSPS) is 23.6. The van der Waals surface area contributed by atoms with E-state index in [1.807, 2.05) is 23.6 Å². The van der Waals surface area contributed by atoms with Gasteiger partial charge in [-0.2, -0.15) is 5.10 Å². The lowest BCUT2D eigenvalue weighted by Crippen LogP contribution is -2.54. The number of halogens is 4. The molecular weight excluding hydrogens is 613 g/mol. The predicted octanol–water partition coefficient (Wildman–Crippen LogP) is 6.82. The third-order valence-corrected chi connectivity index (χ3v) is 11.6. The molecule has 2 saturated heterocycles. The maximum absolute atomic E-state index is 15.2. The average Bonchev–Trinajstić information content (AvgIpc) is 3.58. The number of amides is 1. The summed E-state index contributed by atoms with van der Waals surface area (Å²) in [4.78, 5) is 28.1. The van der Waals surface area contributed by atoms with Crippen LogP contribution < -0.4 is 0 Å². The number of hydrogen-bond donors (Lipinski definition) is 0. The number of rotatable bonds is 4. The highest BCUT2D eigenvalue weighted by Gasteiger charge is 2.53. The highest BCUT2D eigenvalue weighted by Crippen LogP contribution is 2.57. The van der Waals surface area contributed by atoms with Gasteiger partial charge >= 0.3 is 0 Å². The molecule has 6 rings (SSSR count). The molecule has 11 heteroatoms. The molecule has 7 nitrogen and oxygen atoms in total. The minimum atomic E-state index is -1.49. The minimum absolute atomic E-state index is 0.0491. The van der Waals surface area contributed by atoms with Gasteiger partial charge in [0.25, 0.3) is 0 Å². The van der Waals surface area contributed by atoms with E-state index >= 15 is 4.39 Å². The van der Waals surface area contributed by atoms with Crippen LogP contribution in [0, 0.1) is 30.3 Å². The number of aryl methyl sites for hydroxylation is 2. The summed E-state index contributed by atoms with van der Waals surface area (Å²) in [5.41, 5.74) is 2.24. The second kappa shape index (κ2) is 11.6. The van der Waals surface area contributed by atoms with Gasteiger partial charge in [0, 0.05) is 54.9 Å². The monoisotopic (exact) mass is 656 g/mol. The van der Waals surface area contributed by atoms with Gasteiger partial charge in [-0.05, 0) is 89.1 Å². The summed E-state index contributed by atoms with van der Waals surface area (Å²) in [7, 11) is 1.91. The molecule has 0 bridgehead atoms. The van der Waals surface area contributed by atoms with E-state index in [1.165, 1.54) is 6.07 Å². The van der Waals surface area contributed by atoms with Crippen molar-refractivity contribution >= 4 is 17.5 Å². The van der Waals surface area contributed by atoms with E-state index in [2.05, 4.69) is 55.7 Å². The summed E-state index contributed by atoms with van der Waals surface area (Å²) in [6, 6.07) is 4.34. The van der Waals surface area contributed by atoms with E-state index in [4.69, 9.17) is 16.6 Å². The molecule has 2 aliphatic heterocycles. The van der Waals surface area contributed by atoms with Gasteiger partial charge in [0.05, 0.1) is 16.4 Å². The van der Waals surface area contributed by atoms with Crippen LogP contribution in [0.5, 0.6) is 0 Å². The molecule has 1 spiro atoms. The first-order valence-electron chi connectivity index (χ1n) is 16.2. The van der Waals surface area contributed by atoms with Crippen molar-refractivity contribution in [2.24, 2.45) is 13.0 Å². The Hall–Kier alpha value is -2.98. The van der Waals surface area contributed by atoms with Crippen molar-refractivity contribution in [3.05, 3.63) is 75.3 Å². The molecule has 0 saturated carbocycles. The van der Waals surface area contributed by atoms with E-state index in [-0.39, 0.29) is 33.8 Å². The molecule has 1 aromatic carbocycles. The number of piperidine rings is 2. The smallest absolute Gasteiger partial charge is 0.226 e. The average molecular weight is 657 g/mol. The third-order valence-electron chi connectivity index (χ3n) is 11.2. The molecule has 2 fully saturated rings. The predicted molar refractivity (Wildman–Crippen MR) is 171 cm³/mol. The third kappa shape index (κ3) is 5.43. The van der Waals surface area contributed by atoms with Crippen molar-refractivity contribution in [1.82, 2.24) is 29.5 Å². The fourth-order valence-electron chi connectivity index (χ4n) is 8.39. The molecule has 0 N–H and O–H groups in total. The van der Waals surface area contributed by atoms with Gasteiger partial charge in [-0.25, -0.2) is 18.2 Å². The molecule has 3 aliphatic rings. The Morgan fingerprint density at radius 2 is 1.72 bits per heavy atom. The molecule has 0 radical (unpaired) electrons. The molecule has 3 aromatic rings. The zero-order valence-corrected chi connectivity index (χ0v) is 28.6. The Balaban J connectivity index is 1.28. The van der Waals surface area contributed by atoms with Gasteiger partial charge in [0.2, 0.25) is 5.91 Å². The minimum Gasteiger partial charge on any atom is -0.342 e. The van der Waals surface area contributed by atoms with Crippen LogP contribution in [-0.2, 0) is 22.7 Å². The fourth-order valence-corrected chi connectivity index (χ4v) is 8.55. The zero-order valence-electron chi connectivity index (χ0n) is 27.8. The molecule has 3 atom stereocenters. The van der Waals surface area contributed by atoms with Gasteiger partial charge in [0.15, 0.2) is 17.5 Å². The highest BCUT2D eigenvalue weighted by atomic mass is 35.5. The maximum Gasteiger partial charge on any atom is 0.226 e. The zero-order chi connectivity index (χ0) is 33.3. The van der Waals surface area contributed by atoms with Crippen LogP contribution >= 0.6 is 11.6 Å². The van der Waals surface area contributed by atoms with Crippen molar-refractivity contribution < 1.29 is 18.0 Å². The van der Waals surface area contributed by atoms with Crippen LogP contribution in [0.15, 0.2) is 24.5 Å². The van der Waals surface area contributed by atoms with Crippen LogP contribution in [0.4, 0.5) is 13.2 Å². The quantitative estimate of drug-likeness (QED) is 0.289. The molecule has 1 amide bonds. The van der Waals surface area contributed by atoms with Gasteiger partial charge < -0.3 is 4.90 Å². The first kappa shape index (κ1) is 32.9. The number of carbonyl (C=O) groups is 1. The van der Waals surface area contributed by atoms with Gasteiger partial charge in [-0.1, -0.05) is 31.5 Å². The summed E-state index contributed by atoms with van der Waals surface area (Å²) >= 11 is 6.65. The van der Waals surface area contributed by atoms with Crippen molar-refractivity contribution in [3.8, 4) is 0 Å². The molecular formula is C35H44ClF3N6O.